The van der Waals surface area contributed by atoms with Gasteiger partial charge in [0.15, 0.2) is 5.17 Å². The van der Waals surface area contributed by atoms with Crippen LogP contribution in [0.25, 0.3) is 0 Å². The van der Waals surface area contributed by atoms with Crippen LogP contribution in [0.5, 0.6) is 0 Å². The summed E-state index contributed by atoms with van der Waals surface area (Å²) < 4.78 is 0. The molecule has 0 N–H and O–H groups in total. The van der Waals surface area contributed by atoms with E-state index in [1.165, 1.54) is 41.4 Å². The first-order valence-electron chi connectivity index (χ1n) is 5.98. The van der Waals surface area contributed by atoms with Gasteiger partial charge in [-0.3, -0.25) is 4.99 Å². The molecule has 0 radical (unpaired) electrons. The van der Waals surface area contributed by atoms with Gasteiger partial charge in [0.1, 0.15) is 0 Å². The highest BCUT2D eigenvalue weighted by Gasteiger charge is 2.42. The van der Waals surface area contributed by atoms with Crippen LogP contribution >= 0.6 is 24.2 Å². The van der Waals surface area contributed by atoms with E-state index in [0.717, 1.165) is 0 Å². The lowest BCUT2D eigenvalue weighted by molar-refractivity contribution is 0.309. The Balaban J connectivity index is 0.000000902. The maximum Gasteiger partial charge on any atom is 0.160 e. The van der Waals surface area contributed by atoms with Crippen molar-refractivity contribution in [1.82, 2.24) is 4.90 Å². The number of hydrogen-bond acceptors (Lipinski definition) is 3. The molecule has 0 spiro atoms. The first-order chi connectivity index (χ1) is 7.93. The molecule has 1 saturated heterocycles. The normalized spacial score (nSPS) is 28.9. The summed E-state index contributed by atoms with van der Waals surface area (Å²) in [5.41, 5.74) is 3.07. The lowest BCUT2D eigenvalue weighted by Gasteiger charge is -2.32. The molecule has 2 aliphatic heterocycles. The van der Waals surface area contributed by atoms with Gasteiger partial charge in [-0.1, -0.05) is 36.0 Å². The van der Waals surface area contributed by atoms with E-state index in [1.807, 2.05) is 11.8 Å². The van der Waals surface area contributed by atoms with E-state index in [0.29, 0.717) is 12.1 Å². The number of rotatable bonds is 0. The van der Waals surface area contributed by atoms with E-state index >= 15 is 0 Å². The van der Waals surface area contributed by atoms with E-state index in [9.17, 15) is 0 Å². The summed E-state index contributed by atoms with van der Waals surface area (Å²) in [7, 11) is 0. The SMILES string of the molecule is Cl.c1ccc2c(c1)CC[C@H]1N=C3SCCN3[C@@H]21. The van der Waals surface area contributed by atoms with Crippen LogP contribution in [0.1, 0.15) is 23.6 Å². The minimum Gasteiger partial charge on any atom is -0.341 e. The van der Waals surface area contributed by atoms with Crippen LogP contribution in [0.4, 0.5) is 0 Å². The smallest absolute Gasteiger partial charge is 0.160 e. The summed E-state index contributed by atoms with van der Waals surface area (Å²) in [5, 5.41) is 1.30. The predicted molar refractivity (Wildman–Crippen MR) is 75.1 cm³/mol. The number of thioether (sulfide) groups is 1. The summed E-state index contributed by atoms with van der Waals surface area (Å²) in [6.45, 7) is 1.18. The van der Waals surface area contributed by atoms with Crippen LogP contribution in [0, 0.1) is 0 Å². The molecule has 1 fully saturated rings. The van der Waals surface area contributed by atoms with Crippen molar-refractivity contribution >= 4 is 29.3 Å². The molecule has 1 aromatic carbocycles. The highest BCUT2D eigenvalue weighted by molar-refractivity contribution is 8.14. The molecule has 4 heteroatoms. The molecule has 90 valence electrons. The van der Waals surface area contributed by atoms with Crippen molar-refractivity contribution in [3.05, 3.63) is 35.4 Å². The minimum absolute atomic E-state index is 0. The van der Waals surface area contributed by atoms with Crippen LogP contribution in [-0.4, -0.2) is 28.4 Å². The summed E-state index contributed by atoms with van der Waals surface area (Å²) in [4.78, 5) is 7.40. The van der Waals surface area contributed by atoms with Crippen LogP contribution < -0.4 is 0 Å². The fraction of sp³-hybridized carbons (Fsp3) is 0.462. The molecule has 1 aliphatic carbocycles. The van der Waals surface area contributed by atoms with Gasteiger partial charge in [0.2, 0.25) is 0 Å². The summed E-state index contributed by atoms with van der Waals surface area (Å²) in [5.74, 6) is 1.21. The topological polar surface area (TPSA) is 15.6 Å². The Morgan fingerprint density at radius 2 is 2.18 bits per heavy atom. The van der Waals surface area contributed by atoms with E-state index in [4.69, 9.17) is 4.99 Å². The average Bonchev–Trinajstić information content (AvgIpc) is 2.88. The molecule has 2 heterocycles. The van der Waals surface area contributed by atoms with Gasteiger partial charge < -0.3 is 4.90 Å². The van der Waals surface area contributed by atoms with Crippen LogP contribution in [0.2, 0.25) is 0 Å². The number of benzene rings is 1. The van der Waals surface area contributed by atoms with Crippen molar-refractivity contribution in [3.8, 4) is 0 Å². The molecular formula is C13H15ClN2S. The Morgan fingerprint density at radius 1 is 1.29 bits per heavy atom. The summed E-state index contributed by atoms with van der Waals surface area (Å²) >= 11 is 1.93. The average molecular weight is 267 g/mol. The van der Waals surface area contributed by atoms with Crippen LogP contribution in [0.15, 0.2) is 29.3 Å². The van der Waals surface area contributed by atoms with Gasteiger partial charge in [-0.05, 0) is 24.0 Å². The monoisotopic (exact) mass is 266 g/mol. The van der Waals surface area contributed by atoms with Gasteiger partial charge in [-0.25, -0.2) is 0 Å². The van der Waals surface area contributed by atoms with Crippen LogP contribution in [-0.2, 0) is 6.42 Å². The van der Waals surface area contributed by atoms with E-state index in [-0.39, 0.29) is 12.4 Å². The van der Waals surface area contributed by atoms with Gasteiger partial charge >= 0.3 is 0 Å². The number of amidine groups is 1. The molecule has 2 nitrogen and oxygen atoms in total. The van der Waals surface area contributed by atoms with Crippen molar-refractivity contribution in [1.29, 1.82) is 0 Å². The largest absolute Gasteiger partial charge is 0.341 e. The van der Waals surface area contributed by atoms with Crippen molar-refractivity contribution in [3.63, 3.8) is 0 Å². The molecule has 3 aliphatic rings. The van der Waals surface area contributed by atoms with Gasteiger partial charge in [0.05, 0.1) is 12.1 Å². The van der Waals surface area contributed by atoms with Crippen LogP contribution in [0.3, 0.4) is 0 Å². The zero-order valence-electron chi connectivity index (χ0n) is 9.50. The first-order valence-corrected chi connectivity index (χ1v) is 6.97. The second-order valence-corrected chi connectivity index (χ2v) is 5.77. The number of nitrogens with zero attached hydrogens (tertiary/aromatic N) is 2. The van der Waals surface area contributed by atoms with Gasteiger partial charge in [-0.2, -0.15) is 0 Å². The first kappa shape index (κ1) is 11.4. The summed E-state index contributed by atoms with van der Waals surface area (Å²) in [6.07, 6.45) is 2.43. The quantitative estimate of drug-likeness (QED) is 0.718. The number of aliphatic imine (C=N–C) groups is 1. The highest BCUT2D eigenvalue weighted by atomic mass is 35.5. The minimum atomic E-state index is 0. The lowest BCUT2D eigenvalue weighted by atomic mass is 9.84. The maximum absolute atomic E-state index is 4.88. The molecule has 0 aromatic heterocycles. The fourth-order valence-corrected chi connectivity index (χ4v) is 4.21. The third-order valence-corrected chi connectivity index (χ3v) is 4.85. The third-order valence-electron chi connectivity index (χ3n) is 3.87. The zero-order chi connectivity index (χ0) is 10.5. The van der Waals surface area contributed by atoms with Gasteiger partial charge in [0, 0.05) is 12.3 Å². The van der Waals surface area contributed by atoms with Crippen molar-refractivity contribution < 1.29 is 0 Å². The summed E-state index contributed by atoms with van der Waals surface area (Å²) in [6, 6.07) is 9.99. The molecule has 0 unspecified atom stereocenters. The second kappa shape index (κ2) is 4.21. The Kier molecular flexibility index (Phi) is 2.83. The molecule has 2 atom stereocenters. The number of aryl methyl sites for hydroxylation is 1. The molecule has 0 amide bonds. The number of halogens is 1. The molecule has 0 saturated carbocycles. The molecule has 4 rings (SSSR count). The molecule has 17 heavy (non-hydrogen) atoms. The van der Waals surface area contributed by atoms with Crippen molar-refractivity contribution in [2.45, 2.75) is 24.9 Å². The molecular weight excluding hydrogens is 252 g/mol. The van der Waals surface area contributed by atoms with E-state index in [2.05, 4.69) is 29.2 Å². The Labute approximate surface area is 112 Å². The fourth-order valence-electron chi connectivity index (χ4n) is 3.15. The Morgan fingerprint density at radius 3 is 3.12 bits per heavy atom. The van der Waals surface area contributed by atoms with E-state index < -0.39 is 0 Å². The standard InChI is InChI=1S/C13H14N2S.ClH/c1-2-4-10-9(3-1)5-6-11-12(10)15-7-8-16-13(15)14-11;/h1-4,11-12H,5-8H2;1H/t11-,12+;/m1./s1. The Hall–Kier alpha value is -0.670. The second-order valence-electron chi connectivity index (χ2n) is 4.70. The van der Waals surface area contributed by atoms with Crippen molar-refractivity contribution in [2.24, 2.45) is 4.99 Å². The zero-order valence-corrected chi connectivity index (χ0v) is 11.1. The molecule has 0 bridgehead atoms. The number of fused-ring (bicyclic) bond motifs is 5. The lowest BCUT2D eigenvalue weighted by Crippen LogP contribution is -2.33. The Bertz CT molecular complexity index is 474. The predicted octanol–water partition coefficient (Wildman–Crippen LogP) is 2.88. The van der Waals surface area contributed by atoms with E-state index in [1.54, 1.807) is 0 Å². The van der Waals surface area contributed by atoms with Gasteiger partial charge in [-0.15, -0.1) is 12.4 Å². The maximum atomic E-state index is 4.88. The number of hydrogen-bond donors (Lipinski definition) is 0. The van der Waals surface area contributed by atoms with Gasteiger partial charge in [0.25, 0.3) is 0 Å². The highest BCUT2D eigenvalue weighted by Crippen LogP contribution is 2.44. The molecule has 1 aromatic rings. The third kappa shape index (κ3) is 1.59. The van der Waals surface area contributed by atoms with Crippen molar-refractivity contribution in [2.75, 3.05) is 12.3 Å².